The Morgan fingerprint density at radius 1 is 1.10 bits per heavy atom. The third-order valence-corrected chi connectivity index (χ3v) is 7.10. The summed E-state index contributed by atoms with van der Waals surface area (Å²) in [5, 5.41) is 20.4. The summed E-state index contributed by atoms with van der Waals surface area (Å²) in [5.74, 6) is -2.80. The second-order valence-corrected chi connectivity index (χ2v) is 10.5. The van der Waals surface area contributed by atoms with Crippen molar-refractivity contribution in [1.29, 1.82) is 0 Å². The van der Waals surface area contributed by atoms with Crippen LogP contribution in [-0.2, 0) is 10.3 Å². The average Bonchev–Trinajstić information content (AvgIpc) is 3.48. The molecule has 3 heterocycles. The Balaban J connectivity index is 1.33. The number of nitrogens with one attached hydrogen (secondary N) is 2. The van der Waals surface area contributed by atoms with E-state index in [9.17, 15) is 18.7 Å². The van der Waals surface area contributed by atoms with Gasteiger partial charge in [-0.2, -0.15) is 9.97 Å². The summed E-state index contributed by atoms with van der Waals surface area (Å²) in [7, 11) is 0. The third kappa shape index (κ3) is 4.86. The minimum atomic E-state index is -2.72. The Hall–Kier alpha value is -4.45. The monoisotopic (exact) mass is 548 g/mol. The molecule has 4 aromatic rings. The lowest BCUT2D eigenvalue weighted by atomic mass is 9.81. The Labute approximate surface area is 227 Å². The smallest absolute Gasteiger partial charge is 0.339 e. The third-order valence-electron chi connectivity index (χ3n) is 7.10. The minimum absolute atomic E-state index is 0.0685. The number of halogens is 2. The normalized spacial score (nSPS) is 18.0. The highest BCUT2D eigenvalue weighted by Crippen LogP contribution is 2.47. The van der Waals surface area contributed by atoms with Gasteiger partial charge in [0.15, 0.2) is 5.82 Å². The molecule has 10 nitrogen and oxygen atoms in total. The van der Waals surface area contributed by atoms with Crippen molar-refractivity contribution in [2.45, 2.75) is 50.2 Å². The number of aliphatic hydroxyl groups excluding tert-OH is 1. The Kier molecular flexibility index (Phi) is 6.21. The summed E-state index contributed by atoms with van der Waals surface area (Å²) in [6.07, 6.45) is 0.824. The molecular formula is C28H26F2N6O4. The molecule has 6 rings (SSSR count). The number of hydrogen-bond donors (Lipinski definition) is 3. The lowest BCUT2D eigenvalue weighted by Gasteiger charge is -2.32. The molecule has 1 unspecified atom stereocenters. The predicted molar refractivity (Wildman–Crippen MR) is 140 cm³/mol. The maximum absolute atomic E-state index is 13.4. The van der Waals surface area contributed by atoms with E-state index >= 15 is 0 Å². The highest BCUT2D eigenvalue weighted by atomic mass is 19.3. The van der Waals surface area contributed by atoms with Crippen molar-refractivity contribution in [3.05, 3.63) is 77.2 Å². The molecule has 1 fully saturated rings. The quantitative estimate of drug-likeness (QED) is 0.248. The highest BCUT2D eigenvalue weighted by molar-refractivity contribution is 5.95. The van der Waals surface area contributed by atoms with Crippen LogP contribution in [0.2, 0.25) is 0 Å². The van der Waals surface area contributed by atoms with Crippen LogP contribution in [0.5, 0.6) is 0 Å². The average molecular weight is 549 g/mol. The lowest BCUT2D eigenvalue weighted by Crippen LogP contribution is -2.34. The summed E-state index contributed by atoms with van der Waals surface area (Å²) in [6, 6.07) is 14.0. The number of cyclic esters (lactones) is 1. The van der Waals surface area contributed by atoms with E-state index in [-0.39, 0.29) is 48.9 Å². The second kappa shape index (κ2) is 9.63. The van der Waals surface area contributed by atoms with Gasteiger partial charge in [0.05, 0.1) is 18.2 Å². The summed E-state index contributed by atoms with van der Waals surface area (Å²) in [5.41, 5.74) is 2.26. The molecule has 40 heavy (non-hydrogen) atoms. The number of nitrogens with zero attached hydrogens (tertiary/aromatic N) is 4. The lowest BCUT2D eigenvalue weighted by molar-refractivity contribution is -0.0888. The number of carbonyl (C=O) groups is 1. The van der Waals surface area contributed by atoms with Crippen molar-refractivity contribution >= 4 is 23.4 Å². The Morgan fingerprint density at radius 3 is 2.60 bits per heavy atom. The zero-order valence-corrected chi connectivity index (χ0v) is 21.7. The first kappa shape index (κ1) is 25.8. The number of hydrogen-bond acceptors (Lipinski definition) is 10. The highest BCUT2D eigenvalue weighted by Gasteiger charge is 2.48. The first-order valence-electron chi connectivity index (χ1n) is 12.8. The maximum atomic E-state index is 13.4. The molecule has 2 aromatic carbocycles. The van der Waals surface area contributed by atoms with Crippen LogP contribution in [0.15, 0.2) is 59.3 Å². The van der Waals surface area contributed by atoms with Crippen LogP contribution in [0.4, 0.5) is 26.2 Å². The largest absolute Gasteiger partial charge is 0.451 e. The van der Waals surface area contributed by atoms with Gasteiger partial charge in [-0.15, -0.1) is 0 Å². The first-order chi connectivity index (χ1) is 19.1. The van der Waals surface area contributed by atoms with E-state index in [2.05, 4.69) is 30.7 Å². The molecule has 0 spiro atoms. The number of aliphatic hydroxyl groups is 1. The number of ether oxygens (including phenoxy) is 1. The number of anilines is 3. The van der Waals surface area contributed by atoms with Gasteiger partial charge < -0.3 is 25.0 Å². The fraction of sp³-hybridized carbons (Fsp3) is 0.321. The van der Waals surface area contributed by atoms with E-state index in [0.29, 0.717) is 16.8 Å². The van der Waals surface area contributed by atoms with E-state index in [0.717, 1.165) is 11.1 Å². The summed E-state index contributed by atoms with van der Waals surface area (Å²) in [4.78, 5) is 25.5. The van der Waals surface area contributed by atoms with Gasteiger partial charge in [0.1, 0.15) is 17.0 Å². The van der Waals surface area contributed by atoms with Gasteiger partial charge >= 0.3 is 5.97 Å². The van der Waals surface area contributed by atoms with Crippen molar-refractivity contribution in [1.82, 2.24) is 20.1 Å². The zero-order valence-electron chi connectivity index (χ0n) is 21.7. The Morgan fingerprint density at radius 2 is 1.88 bits per heavy atom. The topological polar surface area (TPSA) is 135 Å². The second-order valence-electron chi connectivity index (χ2n) is 10.5. The fourth-order valence-corrected chi connectivity index (χ4v) is 4.92. The van der Waals surface area contributed by atoms with Gasteiger partial charge in [0, 0.05) is 36.2 Å². The molecule has 1 aliphatic carbocycles. The Bertz CT molecular complexity index is 1570. The molecule has 2 aliphatic rings. The van der Waals surface area contributed by atoms with Gasteiger partial charge in [0.2, 0.25) is 11.9 Å². The van der Waals surface area contributed by atoms with Crippen LogP contribution in [0.3, 0.4) is 0 Å². The number of esters is 1. The van der Waals surface area contributed by atoms with Crippen LogP contribution < -0.4 is 10.6 Å². The van der Waals surface area contributed by atoms with Crippen molar-refractivity contribution < 1.29 is 27.9 Å². The van der Waals surface area contributed by atoms with Gasteiger partial charge in [-0.25, -0.2) is 18.6 Å². The van der Waals surface area contributed by atoms with Crippen LogP contribution in [0, 0.1) is 0 Å². The van der Waals surface area contributed by atoms with Crippen molar-refractivity contribution in [2.24, 2.45) is 0 Å². The standard InChI is InChI=1S/C28H26F2N6O4/c1-27(2)20-10-17(8-9-18(20)25(38)39-27)32-26-31-13-19(24-34-22(36-40-24)16-11-28(29,30)12-16)23(35-26)33-21(14-37)15-6-4-3-5-7-15/h3-10,13,16,21,37H,11-12,14H2,1-2H3,(H2,31,32,33,35). The van der Waals surface area contributed by atoms with E-state index in [4.69, 9.17) is 9.26 Å². The van der Waals surface area contributed by atoms with Crippen LogP contribution in [0.1, 0.15) is 66.0 Å². The van der Waals surface area contributed by atoms with Gasteiger partial charge in [0.25, 0.3) is 5.89 Å². The molecular weight excluding hydrogens is 522 g/mol. The molecule has 0 saturated heterocycles. The number of aromatic nitrogens is 4. The molecule has 1 saturated carbocycles. The van der Waals surface area contributed by atoms with Crippen LogP contribution in [0.25, 0.3) is 11.5 Å². The number of benzene rings is 2. The molecule has 1 aliphatic heterocycles. The molecule has 206 valence electrons. The molecule has 2 aromatic heterocycles. The number of rotatable bonds is 8. The van der Waals surface area contributed by atoms with Crippen LogP contribution in [-0.4, -0.2) is 43.7 Å². The number of alkyl halides is 2. The number of fused-ring (bicyclic) bond motifs is 1. The van der Waals surface area contributed by atoms with E-state index in [1.165, 1.54) is 6.20 Å². The van der Waals surface area contributed by atoms with E-state index in [1.54, 1.807) is 12.1 Å². The number of carbonyl (C=O) groups excluding carboxylic acids is 1. The molecule has 0 amide bonds. The molecule has 0 radical (unpaired) electrons. The van der Waals surface area contributed by atoms with Crippen molar-refractivity contribution in [2.75, 3.05) is 17.2 Å². The van der Waals surface area contributed by atoms with Crippen LogP contribution >= 0.6 is 0 Å². The molecule has 0 bridgehead atoms. The van der Waals surface area contributed by atoms with Gasteiger partial charge in [-0.1, -0.05) is 35.5 Å². The molecule has 1 atom stereocenters. The van der Waals surface area contributed by atoms with E-state index < -0.39 is 23.5 Å². The van der Waals surface area contributed by atoms with Gasteiger partial charge in [-0.05, 0) is 37.6 Å². The van der Waals surface area contributed by atoms with Gasteiger partial charge in [-0.3, -0.25) is 0 Å². The summed E-state index contributed by atoms with van der Waals surface area (Å²) >= 11 is 0. The summed E-state index contributed by atoms with van der Waals surface area (Å²) < 4.78 is 37.7. The predicted octanol–water partition coefficient (Wildman–Crippen LogP) is 5.33. The van der Waals surface area contributed by atoms with Crippen molar-refractivity contribution in [3.63, 3.8) is 0 Å². The molecule has 3 N–H and O–H groups in total. The first-order valence-corrected chi connectivity index (χ1v) is 12.8. The molecule has 12 heteroatoms. The SMILES string of the molecule is CC1(C)OC(=O)c2ccc(Nc3ncc(-c4nc(C5CC(F)(F)C5)no4)c(NC(CO)c4ccccc4)n3)cc21. The van der Waals surface area contributed by atoms with Crippen molar-refractivity contribution in [3.8, 4) is 11.5 Å². The maximum Gasteiger partial charge on any atom is 0.339 e. The zero-order chi connectivity index (χ0) is 28.1. The fourth-order valence-electron chi connectivity index (χ4n) is 4.92. The summed E-state index contributed by atoms with van der Waals surface area (Å²) in [6.45, 7) is 3.39. The minimum Gasteiger partial charge on any atom is -0.451 e. The van der Waals surface area contributed by atoms with E-state index in [1.807, 2.05) is 50.2 Å².